The molecule has 1 heterocycles. The molecule has 0 aromatic carbocycles. The highest BCUT2D eigenvalue weighted by molar-refractivity contribution is 5.96. The summed E-state index contributed by atoms with van der Waals surface area (Å²) in [6, 6.07) is 1.92. The van der Waals surface area contributed by atoms with Crippen molar-refractivity contribution in [3.63, 3.8) is 0 Å². The second kappa shape index (κ2) is 8.15. The van der Waals surface area contributed by atoms with E-state index in [1.165, 1.54) is 17.0 Å². The maximum Gasteiger partial charge on any atom is 0.412 e. The van der Waals surface area contributed by atoms with Gasteiger partial charge in [-0.1, -0.05) is 0 Å². The molecule has 0 aliphatic heterocycles. The molecule has 0 aliphatic rings. The monoisotopic (exact) mass is 334 g/mol. The Kier molecular flexibility index (Phi) is 6.53. The van der Waals surface area contributed by atoms with Crippen molar-refractivity contribution in [3.05, 3.63) is 17.5 Å². The molecule has 0 aliphatic carbocycles. The molecule has 1 aromatic rings. The third-order valence-corrected chi connectivity index (χ3v) is 2.74. The fraction of sp³-hybridized carbons (Fsp3) is 0.500. The molecule has 1 aromatic heterocycles. The van der Waals surface area contributed by atoms with E-state index in [-0.39, 0.29) is 18.6 Å². The zero-order valence-corrected chi connectivity index (χ0v) is 14.5. The molecule has 0 bridgehead atoms. The zero-order valence-electron chi connectivity index (χ0n) is 14.5. The molecule has 8 heteroatoms. The number of anilines is 1. The number of hydrogen-bond donors (Lipinski definition) is 1. The summed E-state index contributed by atoms with van der Waals surface area (Å²) in [4.78, 5) is 23.8. The molecule has 0 saturated carbocycles. The van der Waals surface area contributed by atoms with E-state index in [1.807, 2.05) is 6.07 Å². The van der Waals surface area contributed by atoms with Crippen LogP contribution in [-0.4, -0.2) is 34.1 Å². The van der Waals surface area contributed by atoms with Gasteiger partial charge in [0.25, 0.3) is 0 Å². The number of carbonyl (C=O) groups is 2. The summed E-state index contributed by atoms with van der Waals surface area (Å²) in [5.41, 5.74) is 0.361. The summed E-state index contributed by atoms with van der Waals surface area (Å²) in [7, 11) is 1.65. The van der Waals surface area contributed by atoms with Crippen LogP contribution in [0.3, 0.4) is 0 Å². The predicted molar refractivity (Wildman–Crippen MR) is 87.9 cm³/mol. The first-order chi connectivity index (χ1) is 11.2. The number of carbonyl (C=O) groups excluding carboxylic acids is 2. The highest BCUT2D eigenvalue weighted by Gasteiger charge is 2.19. The number of hydrogen-bond acceptors (Lipinski definition) is 6. The van der Waals surface area contributed by atoms with Crippen LogP contribution < -0.4 is 5.32 Å². The number of ether oxygens (including phenoxy) is 2. The summed E-state index contributed by atoms with van der Waals surface area (Å²) in [6.07, 6.45) is 2.16. The lowest BCUT2D eigenvalue weighted by molar-refractivity contribution is -0.138. The third-order valence-electron chi connectivity index (χ3n) is 2.74. The number of nitrogens with zero attached hydrogens (tertiary/aromatic N) is 3. The van der Waals surface area contributed by atoms with Crippen molar-refractivity contribution < 1.29 is 19.1 Å². The van der Waals surface area contributed by atoms with Gasteiger partial charge in [-0.2, -0.15) is 10.4 Å². The number of rotatable bonds is 5. The molecule has 1 amide bonds. The Labute approximate surface area is 141 Å². The lowest BCUT2D eigenvalue weighted by Gasteiger charge is -2.19. The Bertz CT molecular complexity index is 677. The van der Waals surface area contributed by atoms with Crippen molar-refractivity contribution in [2.45, 2.75) is 39.7 Å². The Morgan fingerprint density at radius 1 is 1.46 bits per heavy atom. The van der Waals surface area contributed by atoms with E-state index in [1.54, 1.807) is 34.7 Å². The SMILES string of the molecule is CCOC(=O)/C(=C/c1c(NC(=O)OC(C)(C)C)cnn1C)CC#N. The number of amides is 1. The summed E-state index contributed by atoms with van der Waals surface area (Å²) < 4.78 is 11.6. The molecule has 0 atom stereocenters. The predicted octanol–water partition coefficient (Wildman–Crippen LogP) is 2.63. The van der Waals surface area contributed by atoms with E-state index in [2.05, 4.69) is 10.4 Å². The Morgan fingerprint density at radius 2 is 2.12 bits per heavy atom. The first kappa shape index (κ1) is 19.2. The van der Waals surface area contributed by atoms with Crippen molar-refractivity contribution in [3.8, 4) is 6.07 Å². The van der Waals surface area contributed by atoms with Crippen LogP contribution in [-0.2, 0) is 21.3 Å². The molecule has 0 radical (unpaired) electrons. The molecule has 0 fully saturated rings. The number of esters is 1. The lowest BCUT2D eigenvalue weighted by Crippen LogP contribution is -2.27. The molecule has 130 valence electrons. The number of nitrogens with one attached hydrogen (secondary N) is 1. The van der Waals surface area contributed by atoms with Gasteiger partial charge in [-0.25, -0.2) is 9.59 Å². The maximum atomic E-state index is 11.9. The van der Waals surface area contributed by atoms with Crippen molar-refractivity contribution in [1.29, 1.82) is 5.26 Å². The zero-order chi connectivity index (χ0) is 18.3. The van der Waals surface area contributed by atoms with E-state index < -0.39 is 17.7 Å². The van der Waals surface area contributed by atoms with Gasteiger partial charge in [-0.3, -0.25) is 10.00 Å². The quantitative estimate of drug-likeness (QED) is 0.655. The average molecular weight is 334 g/mol. The molecule has 0 unspecified atom stereocenters. The van der Waals surface area contributed by atoms with Crippen LogP contribution in [0.15, 0.2) is 11.8 Å². The standard InChI is InChI=1S/C16H22N4O4/c1-6-23-14(21)11(7-8-17)9-13-12(10-18-20(13)5)19-15(22)24-16(2,3)4/h9-10H,6-7H2,1-5H3,(H,19,22)/b11-9+. The Balaban J connectivity index is 3.09. The molecule has 1 rings (SSSR count). The summed E-state index contributed by atoms with van der Waals surface area (Å²) in [6.45, 7) is 7.14. The van der Waals surface area contributed by atoms with Gasteiger partial charge in [-0.15, -0.1) is 0 Å². The van der Waals surface area contributed by atoms with Gasteiger partial charge < -0.3 is 9.47 Å². The van der Waals surface area contributed by atoms with Gasteiger partial charge in [0.2, 0.25) is 0 Å². The molecule has 1 N–H and O–H groups in total. The number of aromatic nitrogens is 2. The molecule has 24 heavy (non-hydrogen) atoms. The second-order valence-electron chi connectivity index (χ2n) is 5.92. The Morgan fingerprint density at radius 3 is 2.67 bits per heavy atom. The van der Waals surface area contributed by atoms with Crippen LogP contribution >= 0.6 is 0 Å². The van der Waals surface area contributed by atoms with Gasteiger partial charge in [0.1, 0.15) is 5.60 Å². The largest absolute Gasteiger partial charge is 0.463 e. The second-order valence-corrected chi connectivity index (χ2v) is 5.92. The normalized spacial score (nSPS) is 11.6. The topological polar surface area (TPSA) is 106 Å². The van der Waals surface area contributed by atoms with Gasteiger partial charge in [-0.05, 0) is 33.8 Å². The van der Waals surface area contributed by atoms with E-state index in [9.17, 15) is 9.59 Å². The summed E-state index contributed by atoms with van der Waals surface area (Å²) >= 11 is 0. The first-order valence-corrected chi connectivity index (χ1v) is 7.44. The summed E-state index contributed by atoms with van der Waals surface area (Å²) in [5, 5.41) is 15.5. The third kappa shape index (κ3) is 5.76. The smallest absolute Gasteiger partial charge is 0.412 e. The van der Waals surface area contributed by atoms with Gasteiger partial charge in [0.15, 0.2) is 0 Å². The maximum absolute atomic E-state index is 11.9. The van der Waals surface area contributed by atoms with Crippen molar-refractivity contribution in [2.24, 2.45) is 7.05 Å². The van der Waals surface area contributed by atoms with E-state index >= 15 is 0 Å². The molecule has 0 spiro atoms. The van der Waals surface area contributed by atoms with Crippen molar-refractivity contribution in [1.82, 2.24) is 9.78 Å². The van der Waals surface area contributed by atoms with Crippen molar-refractivity contribution >= 4 is 23.8 Å². The highest BCUT2D eigenvalue weighted by atomic mass is 16.6. The molecular weight excluding hydrogens is 312 g/mol. The average Bonchev–Trinajstić information content (AvgIpc) is 2.77. The van der Waals surface area contributed by atoms with E-state index in [0.717, 1.165) is 0 Å². The van der Waals surface area contributed by atoms with E-state index in [0.29, 0.717) is 11.4 Å². The molecule has 0 saturated heterocycles. The highest BCUT2D eigenvalue weighted by Crippen LogP contribution is 2.20. The minimum Gasteiger partial charge on any atom is -0.463 e. The van der Waals surface area contributed by atoms with Crippen LogP contribution in [0.4, 0.5) is 10.5 Å². The van der Waals surface area contributed by atoms with Crippen LogP contribution in [0.1, 0.15) is 39.8 Å². The van der Waals surface area contributed by atoms with Gasteiger partial charge in [0.05, 0.1) is 42.2 Å². The van der Waals surface area contributed by atoms with Gasteiger partial charge in [0, 0.05) is 7.05 Å². The van der Waals surface area contributed by atoms with Crippen LogP contribution in [0, 0.1) is 11.3 Å². The fourth-order valence-corrected chi connectivity index (χ4v) is 1.78. The summed E-state index contributed by atoms with van der Waals surface area (Å²) in [5.74, 6) is -0.580. The minimum absolute atomic E-state index is 0.115. The molecular formula is C16H22N4O4. The van der Waals surface area contributed by atoms with Crippen LogP contribution in [0.25, 0.3) is 6.08 Å². The first-order valence-electron chi connectivity index (χ1n) is 7.44. The van der Waals surface area contributed by atoms with E-state index in [4.69, 9.17) is 14.7 Å². The fourth-order valence-electron chi connectivity index (χ4n) is 1.78. The number of nitriles is 1. The van der Waals surface area contributed by atoms with Gasteiger partial charge >= 0.3 is 12.1 Å². The molecule has 8 nitrogen and oxygen atoms in total. The van der Waals surface area contributed by atoms with Crippen LogP contribution in [0.2, 0.25) is 0 Å². The Hall–Kier alpha value is -2.82. The van der Waals surface area contributed by atoms with Crippen LogP contribution in [0.5, 0.6) is 0 Å². The minimum atomic E-state index is -0.640. The number of aryl methyl sites for hydroxylation is 1. The lowest BCUT2D eigenvalue weighted by atomic mass is 10.1. The van der Waals surface area contributed by atoms with Crippen molar-refractivity contribution in [2.75, 3.05) is 11.9 Å².